The molecule has 128 valence electrons. The SMILES string of the molecule is COC1(COc2ccc(C)cc2)CCN(C(=O)c2nccn2C)C1. The molecule has 1 aromatic heterocycles. The van der Waals surface area contributed by atoms with E-state index < -0.39 is 5.60 Å². The largest absolute Gasteiger partial charge is 0.491 e. The van der Waals surface area contributed by atoms with Gasteiger partial charge in [0.25, 0.3) is 5.91 Å². The van der Waals surface area contributed by atoms with E-state index in [1.807, 2.05) is 38.2 Å². The van der Waals surface area contributed by atoms with E-state index in [0.717, 1.165) is 12.2 Å². The first-order valence-corrected chi connectivity index (χ1v) is 8.04. The first-order chi connectivity index (χ1) is 11.5. The van der Waals surface area contributed by atoms with Gasteiger partial charge in [-0.15, -0.1) is 0 Å². The van der Waals surface area contributed by atoms with Crippen molar-refractivity contribution in [2.75, 3.05) is 26.8 Å². The highest BCUT2D eigenvalue weighted by Gasteiger charge is 2.42. The van der Waals surface area contributed by atoms with Crippen LogP contribution in [0.15, 0.2) is 36.7 Å². The average Bonchev–Trinajstić information content (AvgIpc) is 3.21. The molecule has 0 radical (unpaired) electrons. The van der Waals surface area contributed by atoms with Crippen LogP contribution in [0.3, 0.4) is 0 Å². The molecule has 1 unspecified atom stereocenters. The van der Waals surface area contributed by atoms with Gasteiger partial charge in [0.15, 0.2) is 5.82 Å². The average molecular weight is 329 g/mol. The molecule has 1 saturated heterocycles. The van der Waals surface area contributed by atoms with Gasteiger partial charge in [0.05, 0.1) is 6.54 Å². The Kier molecular flexibility index (Phi) is 4.57. The second-order valence-electron chi connectivity index (χ2n) is 6.33. The molecule has 2 heterocycles. The van der Waals surface area contributed by atoms with E-state index in [-0.39, 0.29) is 5.91 Å². The molecule has 1 aliphatic heterocycles. The Morgan fingerprint density at radius 3 is 2.71 bits per heavy atom. The number of aryl methyl sites for hydroxylation is 2. The monoisotopic (exact) mass is 329 g/mol. The lowest BCUT2D eigenvalue weighted by Crippen LogP contribution is -2.42. The second-order valence-corrected chi connectivity index (χ2v) is 6.33. The van der Waals surface area contributed by atoms with Gasteiger partial charge in [0.1, 0.15) is 18.0 Å². The van der Waals surface area contributed by atoms with E-state index >= 15 is 0 Å². The number of imidazole rings is 1. The zero-order valence-corrected chi connectivity index (χ0v) is 14.4. The summed E-state index contributed by atoms with van der Waals surface area (Å²) in [5, 5.41) is 0. The number of ether oxygens (including phenoxy) is 2. The molecule has 0 aliphatic carbocycles. The number of amides is 1. The van der Waals surface area contributed by atoms with Gasteiger partial charge in [-0.05, 0) is 25.5 Å². The van der Waals surface area contributed by atoms with Gasteiger partial charge in [0, 0.05) is 33.1 Å². The number of carbonyl (C=O) groups excluding carboxylic acids is 1. The van der Waals surface area contributed by atoms with Crippen LogP contribution in [0.5, 0.6) is 5.75 Å². The number of likely N-dealkylation sites (tertiary alicyclic amines) is 1. The van der Waals surface area contributed by atoms with Crippen molar-refractivity contribution < 1.29 is 14.3 Å². The Bertz CT molecular complexity index is 711. The van der Waals surface area contributed by atoms with Crippen LogP contribution in [-0.2, 0) is 11.8 Å². The second kappa shape index (κ2) is 6.65. The zero-order chi connectivity index (χ0) is 17.2. The minimum Gasteiger partial charge on any atom is -0.491 e. The van der Waals surface area contributed by atoms with Crippen molar-refractivity contribution in [2.24, 2.45) is 7.05 Å². The molecular formula is C18H23N3O3. The lowest BCUT2D eigenvalue weighted by atomic mass is 10.0. The van der Waals surface area contributed by atoms with Crippen molar-refractivity contribution in [2.45, 2.75) is 18.9 Å². The summed E-state index contributed by atoms with van der Waals surface area (Å²) in [6, 6.07) is 7.93. The molecule has 1 fully saturated rings. The van der Waals surface area contributed by atoms with Gasteiger partial charge >= 0.3 is 0 Å². The summed E-state index contributed by atoms with van der Waals surface area (Å²) in [6.45, 7) is 3.59. The first-order valence-electron chi connectivity index (χ1n) is 8.04. The summed E-state index contributed by atoms with van der Waals surface area (Å²) in [4.78, 5) is 18.5. The van der Waals surface area contributed by atoms with E-state index in [4.69, 9.17) is 9.47 Å². The van der Waals surface area contributed by atoms with Gasteiger partial charge in [-0.1, -0.05) is 17.7 Å². The number of nitrogens with zero attached hydrogens (tertiary/aromatic N) is 3. The van der Waals surface area contributed by atoms with Gasteiger partial charge in [-0.2, -0.15) is 0 Å². The standard InChI is InChI=1S/C18H23N3O3/c1-14-4-6-15(7-5-14)24-13-18(23-3)8-10-21(12-18)17(22)16-19-9-11-20(16)2/h4-7,9,11H,8,10,12-13H2,1-3H3. The highest BCUT2D eigenvalue weighted by atomic mass is 16.5. The predicted molar refractivity (Wildman–Crippen MR) is 90.1 cm³/mol. The summed E-state index contributed by atoms with van der Waals surface area (Å²) in [5.41, 5.74) is 0.711. The molecule has 0 bridgehead atoms. The molecule has 1 amide bonds. The molecule has 1 atom stereocenters. The molecule has 6 nitrogen and oxygen atoms in total. The van der Waals surface area contributed by atoms with Crippen LogP contribution in [-0.4, -0.2) is 52.8 Å². The van der Waals surface area contributed by atoms with Crippen molar-refractivity contribution in [1.29, 1.82) is 0 Å². The Morgan fingerprint density at radius 1 is 1.33 bits per heavy atom. The molecule has 0 saturated carbocycles. The number of carbonyl (C=O) groups is 1. The zero-order valence-electron chi connectivity index (χ0n) is 14.4. The third kappa shape index (κ3) is 3.28. The number of aromatic nitrogens is 2. The molecule has 3 rings (SSSR count). The normalized spacial score (nSPS) is 20.4. The number of methoxy groups -OCH3 is 1. The van der Waals surface area contributed by atoms with Gasteiger partial charge in [-0.3, -0.25) is 4.79 Å². The molecule has 0 N–H and O–H groups in total. The van der Waals surface area contributed by atoms with E-state index in [0.29, 0.717) is 25.5 Å². The maximum Gasteiger partial charge on any atom is 0.289 e. The maximum absolute atomic E-state index is 12.6. The fourth-order valence-electron chi connectivity index (χ4n) is 2.92. The van der Waals surface area contributed by atoms with E-state index in [2.05, 4.69) is 4.98 Å². The lowest BCUT2D eigenvalue weighted by molar-refractivity contribution is -0.0343. The highest BCUT2D eigenvalue weighted by Crippen LogP contribution is 2.27. The summed E-state index contributed by atoms with van der Waals surface area (Å²) in [6.07, 6.45) is 4.15. The van der Waals surface area contributed by atoms with Crippen LogP contribution >= 0.6 is 0 Å². The minimum absolute atomic E-state index is 0.0724. The van der Waals surface area contributed by atoms with Crippen LogP contribution in [0.25, 0.3) is 0 Å². The molecule has 2 aromatic rings. The maximum atomic E-state index is 12.6. The van der Waals surface area contributed by atoms with Crippen LogP contribution in [0, 0.1) is 6.92 Å². The van der Waals surface area contributed by atoms with E-state index in [1.54, 1.807) is 29.0 Å². The van der Waals surface area contributed by atoms with Crippen molar-refractivity contribution in [1.82, 2.24) is 14.5 Å². The number of hydrogen-bond donors (Lipinski definition) is 0. The van der Waals surface area contributed by atoms with Gasteiger partial charge in [-0.25, -0.2) is 4.98 Å². The molecular weight excluding hydrogens is 306 g/mol. The summed E-state index contributed by atoms with van der Waals surface area (Å²) in [5.74, 6) is 1.18. The van der Waals surface area contributed by atoms with Gasteiger partial charge < -0.3 is 18.9 Å². The Morgan fingerprint density at radius 2 is 2.08 bits per heavy atom. The van der Waals surface area contributed by atoms with Crippen molar-refractivity contribution >= 4 is 5.91 Å². The van der Waals surface area contributed by atoms with E-state index in [1.165, 1.54) is 5.56 Å². The molecule has 1 aromatic carbocycles. The van der Waals surface area contributed by atoms with E-state index in [9.17, 15) is 4.79 Å². The first kappa shape index (κ1) is 16.5. The smallest absolute Gasteiger partial charge is 0.289 e. The van der Waals surface area contributed by atoms with Crippen molar-refractivity contribution in [3.63, 3.8) is 0 Å². The number of hydrogen-bond acceptors (Lipinski definition) is 4. The van der Waals surface area contributed by atoms with Crippen LogP contribution in [0.4, 0.5) is 0 Å². The fourth-order valence-corrected chi connectivity index (χ4v) is 2.92. The molecule has 6 heteroatoms. The molecule has 1 aliphatic rings. The number of benzene rings is 1. The van der Waals surface area contributed by atoms with Crippen LogP contribution < -0.4 is 4.74 Å². The quantitative estimate of drug-likeness (QED) is 0.842. The third-order valence-corrected chi connectivity index (χ3v) is 4.57. The Labute approximate surface area is 142 Å². The fraction of sp³-hybridized carbons (Fsp3) is 0.444. The molecule has 0 spiro atoms. The minimum atomic E-state index is -0.480. The Balaban J connectivity index is 1.65. The van der Waals surface area contributed by atoms with Crippen LogP contribution in [0.1, 0.15) is 22.6 Å². The van der Waals surface area contributed by atoms with Crippen molar-refractivity contribution in [3.05, 3.63) is 48.0 Å². The summed E-state index contributed by atoms with van der Waals surface area (Å²) in [7, 11) is 3.49. The molecule has 24 heavy (non-hydrogen) atoms. The summed E-state index contributed by atoms with van der Waals surface area (Å²) < 4.78 is 13.4. The third-order valence-electron chi connectivity index (χ3n) is 4.57. The Hall–Kier alpha value is -2.34. The van der Waals surface area contributed by atoms with Gasteiger partial charge in [0.2, 0.25) is 0 Å². The topological polar surface area (TPSA) is 56.6 Å². The van der Waals surface area contributed by atoms with Crippen molar-refractivity contribution in [3.8, 4) is 5.75 Å². The summed E-state index contributed by atoms with van der Waals surface area (Å²) >= 11 is 0. The lowest BCUT2D eigenvalue weighted by Gasteiger charge is -2.27. The number of rotatable bonds is 5. The highest BCUT2D eigenvalue weighted by molar-refractivity contribution is 5.91. The van der Waals surface area contributed by atoms with Crippen LogP contribution in [0.2, 0.25) is 0 Å². The predicted octanol–water partition coefficient (Wildman–Crippen LogP) is 2.04.